The number of aryl methyl sites for hydroxylation is 1. The highest BCUT2D eigenvalue weighted by molar-refractivity contribution is 7.37. The number of benzene rings is 3. The summed E-state index contributed by atoms with van der Waals surface area (Å²) in [5, 5.41) is 0. The third kappa shape index (κ3) is 10.3. The van der Waals surface area contributed by atoms with Crippen LogP contribution < -0.4 is 4.74 Å². The number of esters is 1. The molecule has 0 unspecified atom stereocenters. The Morgan fingerprint density at radius 2 is 0.721 bits per heavy atom. The Morgan fingerprint density at radius 3 is 1.09 bits per heavy atom. The van der Waals surface area contributed by atoms with Gasteiger partial charge in [0.25, 0.3) is 0 Å². The van der Waals surface area contributed by atoms with Crippen molar-refractivity contribution in [3.63, 3.8) is 0 Å². The Hall–Kier alpha value is -4.13. The van der Waals surface area contributed by atoms with E-state index in [1.165, 1.54) is 60.7 Å². The van der Waals surface area contributed by atoms with E-state index in [1.54, 1.807) is 0 Å². The summed E-state index contributed by atoms with van der Waals surface area (Å²) in [6, 6.07) is 15.2. The molecular formula is C42H40F23O2S+. The van der Waals surface area contributed by atoms with Gasteiger partial charge in [0, 0.05) is 5.56 Å². The van der Waals surface area contributed by atoms with Gasteiger partial charge < -0.3 is 4.74 Å². The maximum Gasteiger partial charge on any atom is 0.460 e. The first-order valence-corrected chi connectivity index (χ1v) is 19.8. The van der Waals surface area contributed by atoms with Crippen LogP contribution >= 0.6 is 0 Å². The zero-order valence-electron chi connectivity index (χ0n) is 34.8. The average Bonchev–Trinajstić information content (AvgIpc) is 3.23. The first-order valence-electron chi connectivity index (χ1n) is 19.8. The maximum absolute atomic E-state index is 15.2. The Kier molecular flexibility index (Phi) is 18.6. The van der Waals surface area contributed by atoms with Gasteiger partial charge in [-0.15, -0.1) is 0 Å². The fourth-order valence-corrected chi connectivity index (χ4v) is 6.60. The molecule has 0 saturated carbocycles. The third-order valence-corrected chi connectivity index (χ3v) is 10.5. The molecule has 0 heterocycles. The van der Waals surface area contributed by atoms with E-state index in [1.807, 2.05) is 0 Å². The van der Waals surface area contributed by atoms with Gasteiger partial charge in [0.15, 0.2) is 0 Å². The number of carbonyl (C=O) groups is 1. The second kappa shape index (κ2) is 21.1. The number of alkyl halides is 23. The lowest BCUT2D eigenvalue weighted by Gasteiger charge is -2.44. The third-order valence-electron chi connectivity index (χ3n) is 10.5. The van der Waals surface area contributed by atoms with E-state index in [2.05, 4.69) is 11.7 Å². The average molecular weight is 1050 g/mol. The smallest absolute Gasteiger partial charge is 0.421 e. The van der Waals surface area contributed by atoms with E-state index in [9.17, 15) is 97.0 Å². The molecular weight excluding hydrogens is 1010 g/mol. The Bertz CT molecular complexity index is 2110. The van der Waals surface area contributed by atoms with Crippen LogP contribution in [0, 0.1) is 0 Å². The molecule has 3 aromatic rings. The van der Waals surface area contributed by atoms with Gasteiger partial charge in [-0.25, -0.2) is 4.79 Å². The highest BCUT2D eigenvalue weighted by atomic mass is 32.1. The summed E-state index contributed by atoms with van der Waals surface area (Å²) < 4.78 is 327. The summed E-state index contributed by atoms with van der Waals surface area (Å²) in [7, 11) is 0. The number of hydrogen-bond donors (Lipinski definition) is 0. The van der Waals surface area contributed by atoms with E-state index in [0.29, 0.717) is 24.5 Å². The molecule has 0 aromatic heterocycles. The van der Waals surface area contributed by atoms with Crippen LogP contribution in [0.2, 0.25) is 0 Å². The van der Waals surface area contributed by atoms with E-state index in [0.717, 1.165) is 57.4 Å². The first-order chi connectivity index (χ1) is 30.4. The fraction of sp³-hybridized carbons (Fsp3) is 0.548. The SMILES string of the molecule is CCCCCCCCCCCCc1ccc(OC(=O)C(F)(F)C(F)(F)C(F)(F)C(F)(F)C(F)(F)C(F)(F)C(F)(F)C(F)(F)C(F)(F)C(F)(F)C(F)(F)F)c(-c2ccccc2)c1-c1ccccc1.[SH3+]. The highest BCUT2D eigenvalue weighted by Gasteiger charge is 2.99. The molecule has 3 rings (SSSR count). The van der Waals surface area contributed by atoms with Crippen LogP contribution in [0.3, 0.4) is 0 Å². The van der Waals surface area contributed by atoms with Crippen LogP contribution in [0.15, 0.2) is 72.8 Å². The highest BCUT2D eigenvalue weighted by Crippen LogP contribution is 2.67. The number of unbranched alkanes of at least 4 members (excludes halogenated alkanes) is 9. The van der Waals surface area contributed by atoms with Crippen LogP contribution in [0.4, 0.5) is 101 Å². The van der Waals surface area contributed by atoms with Crippen molar-refractivity contribution >= 4 is 19.5 Å². The Labute approximate surface area is 379 Å². The van der Waals surface area contributed by atoms with Crippen molar-refractivity contribution in [3.8, 4) is 28.0 Å². The molecule has 386 valence electrons. The number of ether oxygens (including phenoxy) is 1. The van der Waals surface area contributed by atoms with E-state index in [-0.39, 0.29) is 36.6 Å². The molecule has 0 aliphatic carbocycles. The minimum Gasteiger partial charge on any atom is -0.421 e. The van der Waals surface area contributed by atoms with Crippen LogP contribution in [-0.4, -0.2) is 71.4 Å². The molecule has 0 fully saturated rings. The molecule has 0 radical (unpaired) electrons. The van der Waals surface area contributed by atoms with Gasteiger partial charge in [-0.2, -0.15) is 101 Å². The standard InChI is InChI=1S/C42H37F23O2.H2S/c1-2-3-4-5-6-7-8-9-10-13-22-27-23-24-28(30(26-20-16-12-17-21-26)29(27)25-18-14-11-15-19-25)67-31(66)32(43,44)33(45,46)34(47,48)35(49,50)36(51,52)37(53,54)38(55,56)39(57,58)40(59,60)41(61,62)42(63,64)65;/h11-12,14-21,23-24H,2-10,13,22H2,1H3;1H2/p+1. The maximum atomic E-state index is 15.2. The molecule has 0 N–H and O–H groups in total. The largest absolute Gasteiger partial charge is 0.460 e. The molecule has 0 aliphatic rings. The first kappa shape index (κ1) is 60.0. The van der Waals surface area contributed by atoms with Crippen LogP contribution in [-0.2, 0) is 24.7 Å². The van der Waals surface area contributed by atoms with E-state index >= 15 is 8.78 Å². The number of rotatable bonds is 24. The van der Waals surface area contributed by atoms with Gasteiger partial charge in [-0.3, -0.25) is 0 Å². The molecule has 26 heteroatoms. The second-order valence-corrected chi connectivity index (χ2v) is 15.3. The molecule has 0 saturated heterocycles. The lowest BCUT2D eigenvalue weighted by atomic mass is 9.85. The minimum absolute atomic E-state index is 0. The second-order valence-electron chi connectivity index (χ2n) is 15.3. The molecule has 0 atom stereocenters. The van der Waals surface area contributed by atoms with Gasteiger partial charge in [0.2, 0.25) is 0 Å². The van der Waals surface area contributed by atoms with Crippen LogP contribution in [0.25, 0.3) is 22.3 Å². The van der Waals surface area contributed by atoms with Crippen molar-refractivity contribution in [1.82, 2.24) is 0 Å². The molecule has 0 amide bonds. The van der Waals surface area contributed by atoms with Crippen molar-refractivity contribution in [2.24, 2.45) is 0 Å². The Morgan fingerprint density at radius 1 is 0.397 bits per heavy atom. The molecule has 2 nitrogen and oxygen atoms in total. The van der Waals surface area contributed by atoms with Crippen LogP contribution in [0.5, 0.6) is 5.75 Å². The topological polar surface area (TPSA) is 26.3 Å². The summed E-state index contributed by atoms with van der Waals surface area (Å²) in [5.74, 6) is -95.7. The summed E-state index contributed by atoms with van der Waals surface area (Å²) >= 11 is 0. The lowest BCUT2D eigenvalue weighted by molar-refractivity contribution is -0.477. The number of carbonyl (C=O) groups excluding carboxylic acids is 1. The van der Waals surface area contributed by atoms with Gasteiger partial charge >= 0.3 is 71.4 Å². The zero-order valence-corrected chi connectivity index (χ0v) is 35.9. The summed E-state index contributed by atoms with van der Waals surface area (Å²) in [6.07, 6.45) is 0.933. The van der Waals surface area contributed by atoms with Crippen LogP contribution in [0.1, 0.15) is 76.7 Å². The van der Waals surface area contributed by atoms with Gasteiger partial charge in [0.1, 0.15) is 5.75 Å². The monoisotopic (exact) mass is 1050 g/mol. The van der Waals surface area contributed by atoms with Crippen molar-refractivity contribution in [2.75, 3.05) is 0 Å². The summed E-state index contributed by atoms with van der Waals surface area (Å²) in [6.45, 7) is 2.06. The van der Waals surface area contributed by atoms with Gasteiger partial charge in [-0.1, -0.05) is 145 Å². The summed E-state index contributed by atoms with van der Waals surface area (Å²) in [5.41, 5.74) is -0.0476. The van der Waals surface area contributed by atoms with E-state index < -0.39 is 82.7 Å². The zero-order chi connectivity index (χ0) is 51.5. The normalized spacial score (nSPS) is 14.2. The predicted molar refractivity (Wildman–Crippen MR) is 206 cm³/mol. The number of hydrogen-bond acceptors (Lipinski definition) is 2. The van der Waals surface area contributed by atoms with Crippen molar-refractivity contribution in [3.05, 3.63) is 78.4 Å². The summed E-state index contributed by atoms with van der Waals surface area (Å²) in [4.78, 5) is 12.7. The van der Waals surface area contributed by atoms with Crippen molar-refractivity contribution < 1.29 is 111 Å². The Balaban J connectivity index is 0.0000159. The lowest BCUT2D eigenvalue weighted by Crippen LogP contribution is -2.78. The quantitative estimate of drug-likeness (QED) is 0.0294. The minimum atomic E-state index is -9.55. The molecule has 68 heavy (non-hydrogen) atoms. The molecule has 0 aliphatic heterocycles. The fourth-order valence-electron chi connectivity index (χ4n) is 6.60. The number of halogens is 23. The molecule has 3 aromatic carbocycles. The molecule has 0 spiro atoms. The van der Waals surface area contributed by atoms with Gasteiger partial charge in [-0.05, 0) is 41.2 Å². The van der Waals surface area contributed by atoms with Crippen molar-refractivity contribution in [2.45, 2.75) is 143 Å². The van der Waals surface area contributed by atoms with Gasteiger partial charge in [0.05, 0.1) is 0 Å². The van der Waals surface area contributed by atoms with Crippen molar-refractivity contribution in [1.29, 1.82) is 0 Å². The molecule has 0 bridgehead atoms. The predicted octanol–water partition coefficient (Wildman–Crippen LogP) is 15.5. The van der Waals surface area contributed by atoms with E-state index in [4.69, 9.17) is 0 Å².